The van der Waals surface area contributed by atoms with Gasteiger partial charge in [-0.1, -0.05) is 18.2 Å². The highest BCUT2D eigenvalue weighted by atomic mass is 19.1. The molecule has 0 aliphatic rings. The van der Waals surface area contributed by atoms with Crippen molar-refractivity contribution in [1.82, 2.24) is 5.32 Å². The highest BCUT2D eigenvalue weighted by Crippen LogP contribution is 2.11. The Labute approximate surface area is 110 Å². The maximum Gasteiger partial charge on any atom is 0.128 e. The van der Waals surface area contributed by atoms with Crippen molar-refractivity contribution in [3.8, 4) is 0 Å². The van der Waals surface area contributed by atoms with Gasteiger partial charge in [0.05, 0.1) is 6.61 Å². The number of aliphatic hydroxyl groups excluding tert-OH is 1. The molecule has 0 aliphatic heterocycles. The van der Waals surface area contributed by atoms with Gasteiger partial charge in [-0.05, 0) is 35.4 Å². The summed E-state index contributed by atoms with van der Waals surface area (Å²) in [6.45, 7) is 0.747. The van der Waals surface area contributed by atoms with Gasteiger partial charge in [-0.3, -0.25) is 0 Å². The maximum atomic E-state index is 13.2. The first kappa shape index (κ1) is 13.6. The van der Waals surface area contributed by atoms with E-state index in [0.717, 1.165) is 11.1 Å². The standard InChI is InChI=1S/C15H15F2NO/c16-14-3-1-2-11(7-14)8-18-9-12-4-5-15(17)13(6-12)10-19/h1-7,18-19H,8-10H2. The van der Waals surface area contributed by atoms with Crippen LogP contribution in [0, 0.1) is 11.6 Å². The van der Waals surface area contributed by atoms with Crippen molar-refractivity contribution in [1.29, 1.82) is 0 Å². The number of nitrogens with one attached hydrogen (secondary N) is 1. The third-order valence-corrected chi connectivity index (χ3v) is 2.83. The molecule has 2 rings (SSSR count). The van der Waals surface area contributed by atoms with E-state index >= 15 is 0 Å². The van der Waals surface area contributed by atoms with Gasteiger partial charge in [0.25, 0.3) is 0 Å². The maximum absolute atomic E-state index is 13.2. The van der Waals surface area contributed by atoms with Crippen molar-refractivity contribution in [3.05, 3.63) is 70.8 Å². The molecule has 19 heavy (non-hydrogen) atoms. The molecule has 2 aromatic rings. The molecular formula is C15H15F2NO. The summed E-state index contributed by atoms with van der Waals surface area (Å²) in [7, 11) is 0. The lowest BCUT2D eigenvalue weighted by molar-refractivity contribution is 0.275. The lowest BCUT2D eigenvalue weighted by atomic mass is 10.1. The molecule has 0 radical (unpaired) electrons. The first-order chi connectivity index (χ1) is 9.19. The van der Waals surface area contributed by atoms with E-state index < -0.39 is 5.82 Å². The SMILES string of the molecule is OCc1cc(CNCc2cccc(F)c2)ccc1F. The van der Waals surface area contributed by atoms with Crippen molar-refractivity contribution in [2.75, 3.05) is 0 Å². The highest BCUT2D eigenvalue weighted by Gasteiger charge is 2.02. The van der Waals surface area contributed by atoms with Crippen molar-refractivity contribution < 1.29 is 13.9 Å². The summed E-state index contributed by atoms with van der Waals surface area (Å²) in [6.07, 6.45) is 0. The highest BCUT2D eigenvalue weighted by molar-refractivity contribution is 5.24. The fraction of sp³-hybridized carbons (Fsp3) is 0.200. The summed E-state index contributed by atoms with van der Waals surface area (Å²) in [5.74, 6) is -0.667. The quantitative estimate of drug-likeness (QED) is 0.869. The van der Waals surface area contributed by atoms with E-state index in [4.69, 9.17) is 5.11 Å². The van der Waals surface area contributed by atoms with Crippen molar-refractivity contribution in [2.45, 2.75) is 19.7 Å². The molecule has 0 atom stereocenters. The van der Waals surface area contributed by atoms with Crippen molar-refractivity contribution in [2.24, 2.45) is 0 Å². The zero-order chi connectivity index (χ0) is 13.7. The summed E-state index contributed by atoms with van der Waals surface area (Å²) in [5.41, 5.74) is 2.01. The Hall–Kier alpha value is -1.78. The van der Waals surface area contributed by atoms with Crippen LogP contribution in [-0.4, -0.2) is 5.11 Å². The number of halogens is 2. The molecule has 0 bridgehead atoms. The molecule has 2 N–H and O–H groups in total. The van der Waals surface area contributed by atoms with Crippen LogP contribution in [-0.2, 0) is 19.7 Å². The predicted octanol–water partition coefficient (Wildman–Crippen LogP) is 2.75. The summed E-state index contributed by atoms with van der Waals surface area (Å²) in [6, 6.07) is 11.0. The van der Waals surface area contributed by atoms with Gasteiger partial charge in [-0.2, -0.15) is 0 Å². The monoisotopic (exact) mass is 263 g/mol. The van der Waals surface area contributed by atoms with Crippen molar-refractivity contribution >= 4 is 0 Å². The Kier molecular flexibility index (Phi) is 4.60. The zero-order valence-corrected chi connectivity index (χ0v) is 10.4. The average molecular weight is 263 g/mol. The van der Waals surface area contributed by atoms with E-state index in [1.165, 1.54) is 18.2 Å². The van der Waals surface area contributed by atoms with Crippen LogP contribution < -0.4 is 5.32 Å². The van der Waals surface area contributed by atoms with Crippen LogP contribution >= 0.6 is 0 Å². The van der Waals surface area contributed by atoms with Crippen LogP contribution in [0.2, 0.25) is 0 Å². The molecule has 2 aromatic carbocycles. The molecule has 0 spiro atoms. The Bertz CT molecular complexity index is 558. The Morgan fingerprint density at radius 3 is 2.37 bits per heavy atom. The lowest BCUT2D eigenvalue weighted by Gasteiger charge is -2.07. The third kappa shape index (κ3) is 3.84. The van der Waals surface area contributed by atoms with Gasteiger partial charge in [0.2, 0.25) is 0 Å². The molecule has 0 heterocycles. The third-order valence-electron chi connectivity index (χ3n) is 2.83. The first-order valence-corrected chi connectivity index (χ1v) is 6.02. The zero-order valence-electron chi connectivity index (χ0n) is 10.4. The van der Waals surface area contributed by atoms with Gasteiger partial charge >= 0.3 is 0 Å². The topological polar surface area (TPSA) is 32.3 Å². The largest absolute Gasteiger partial charge is 0.392 e. The molecule has 0 amide bonds. The van der Waals surface area contributed by atoms with Gasteiger partial charge in [-0.15, -0.1) is 0 Å². The Balaban J connectivity index is 1.92. The minimum absolute atomic E-state index is 0.261. The van der Waals surface area contributed by atoms with Gasteiger partial charge in [-0.25, -0.2) is 8.78 Å². The van der Waals surface area contributed by atoms with Crippen LogP contribution in [0.3, 0.4) is 0 Å². The van der Waals surface area contributed by atoms with Crippen LogP contribution in [0.5, 0.6) is 0 Å². The van der Waals surface area contributed by atoms with Crippen LogP contribution in [0.4, 0.5) is 8.78 Å². The molecule has 0 saturated carbocycles. The van der Waals surface area contributed by atoms with E-state index in [-0.39, 0.29) is 18.0 Å². The molecule has 100 valence electrons. The van der Waals surface area contributed by atoms with Gasteiger partial charge in [0.1, 0.15) is 11.6 Å². The summed E-state index contributed by atoms with van der Waals surface area (Å²) in [4.78, 5) is 0. The fourth-order valence-electron chi connectivity index (χ4n) is 1.86. The van der Waals surface area contributed by atoms with E-state index in [1.54, 1.807) is 18.2 Å². The second kappa shape index (κ2) is 6.41. The summed E-state index contributed by atoms with van der Waals surface area (Å²) < 4.78 is 26.1. The number of aliphatic hydroxyl groups is 1. The fourth-order valence-corrected chi connectivity index (χ4v) is 1.86. The van der Waals surface area contributed by atoms with Crippen LogP contribution in [0.15, 0.2) is 42.5 Å². The summed E-state index contributed by atoms with van der Waals surface area (Å²) in [5, 5.41) is 12.1. The number of hydrogen-bond acceptors (Lipinski definition) is 2. The molecule has 0 aliphatic carbocycles. The molecular weight excluding hydrogens is 248 g/mol. The molecule has 2 nitrogen and oxygen atoms in total. The predicted molar refractivity (Wildman–Crippen MR) is 69.3 cm³/mol. The van der Waals surface area contributed by atoms with E-state index in [0.29, 0.717) is 13.1 Å². The second-order valence-electron chi connectivity index (χ2n) is 4.32. The van der Waals surface area contributed by atoms with E-state index in [1.807, 2.05) is 6.07 Å². The normalized spacial score (nSPS) is 10.7. The van der Waals surface area contributed by atoms with E-state index in [2.05, 4.69) is 5.32 Å². The van der Waals surface area contributed by atoms with Crippen molar-refractivity contribution in [3.63, 3.8) is 0 Å². The number of rotatable bonds is 5. The smallest absolute Gasteiger partial charge is 0.128 e. The molecule has 0 saturated heterocycles. The minimum Gasteiger partial charge on any atom is -0.392 e. The first-order valence-electron chi connectivity index (χ1n) is 6.02. The summed E-state index contributed by atoms with van der Waals surface area (Å²) >= 11 is 0. The molecule has 4 heteroatoms. The van der Waals surface area contributed by atoms with Gasteiger partial charge in [0.15, 0.2) is 0 Å². The Morgan fingerprint density at radius 2 is 1.68 bits per heavy atom. The van der Waals surface area contributed by atoms with Crippen LogP contribution in [0.1, 0.15) is 16.7 Å². The average Bonchev–Trinajstić information content (AvgIpc) is 2.41. The minimum atomic E-state index is -0.406. The molecule has 0 aromatic heterocycles. The second-order valence-corrected chi connectivity index (χ2v) is 4.32. The molecule has 0 fully saturated rings. The van der Waals surface area contributed by atoms with Crippen LogP contribution in [0.25, 0.3) is 0 Å². The van der Waals surface area contributed by atoms with E-state index in [9.17, 15) is 8.78 Å². The number of benzene rings is 2. The molecule has 0 unspecified atom stereocenters. The lowest BCUT2D eigenvalue weighted by Crippen LogP contribution is -2.13. The van der Waals surface area contributed by atoms with Gasteiger partial charge in [0, 0.05) is 18.7 Å². The van der Waals surface area contributed by atoms with Gasteiger partial charge < -0.3 is 10.4 Å². The number of hydrogen-bond donors (Lipinski definition) is 2. The Morgan fingerprint density at radius 1 is 0.947 bits per heavy atom.